The predicted molar refractivity (Wildman–Crippen MR) is 96.1 cm³/mol. The van der Waals surface area contributed by atoms with Crippen LogP contribution in [0.1, 0.15) is 32.3 Å². The van der Waals surface area contributed by atoms with Gasteiger partial charge in [-0.15, -0.1) is 0 Å². The van der Waals surface area contributed by atoms with Crippen molar-refractivity contribution < 1.29 is 23.4 Å². The molecule has 26 heavy (non-hydrogen) atoms. The molecule has 1 aliphatic heterocycles. The lowest BCUT2D eigenvalue weighted by Gasteiger charge is -2.18. The van der Waals surface area contributed by atoms with Crippen LogP contribution < -0.4 is 0 Å². The van der Waals surface area contributed by atoms with Gasteiger partial charge in [-0.05, 0) is 38.0 Å². The molecule has 0 amide bonds. The van der Waals surface area contributed by atoms with Crippen LogP contribution in [0.4, 0.5) is 4.39 Å². The molecule has 2 aromatic carbocycles. The molecule has 1 saturated heterocycles. The topological polar surface area (TPSA) is 44.8 Å². The molecular weight excluding hydrogens is 335 g/mol. The average molecular weight is 358 g/mol. The maximum Gasteiger partial charge on any atom is 0.313 e. The number of carbonyl (C=O) groups is 1. The highest BCUT2D eigenvalue weighted by atomic mass is 19.1. The van der Waals surface area contributed by atoms with Crippen LogP contribution in [0.25, 0.3) is 11.1 Å². The zero-order valence-corrected chi connectivity index (χ0v) is 15.2. The molecule has 4 nitrogen and oxygen atoms in total. The van der Waals surface area contributed by atoms with E-state index in [1.165, 1.54) is 6.07 Å². The Morgan fingerprint density at radius 1 is 1.27 bits per heavy atom. The summed E-state index contributed by atoms with van der Waals surface area (Å²) in [6.07, 6.45) is -0.279. The Hall–Kier alpha value is -2.24. The van der Waals surface area contributed by atoms with E-state index in [0.29, 0.717) is 17.7 Å². The summed E-state index contributed by atoms with van der Waals surface area (Å²) >= 11 is 0. The van der Waals surface area contributed by atoms with Crippen LogP contribution in [0.3, 0.4) is 0 Å². The second-order valence-electron chi connectivity index (χ2n) is 6.91. The molecule has 5 heteroatoms. The summed E-state index contributed by atoms with van der Waals surface area (Å²) in [5, 5.41) is 0. The van der Waals surface area contributed by atoms with Gasteiger partial charge in [0.2, 0.25) is 0 Å². The lowest BCUT2D eigenvalue weighted by molar-refractivity contribution is -0.159. The van der Waals surface area contributed by atoms with Crippen molar-refractivity contribution in [2.75, 3.05) is 13.2 Å². The van der Waals surface area contributed by atoms with Crippen molar-refractivity contribution in [3.63, 3.8) is 0 Å². The number of rotatable bonds is 5. The van der Waals surface area contributed by atoms with Crippen LogP contribution in [0, 0.1) is 5.82 Å². The second-order valence-corrected chi connectivity index (χ2v) is 6.91. The Bertz CT molecular complexity index is 773. The molecule has 0 aliphatic carbocycles. The molecule has 0 saturated carbocycles. The molecule has 0 spiro atoms. The van der Waals surface area contributed by atoms with E-state index < -0.39 is 17.7 Å². The van der Waals surface area contributed by atoms with Gasteiger partial charge in [-0.3, -0.25) is 4.79 Å². The molecular formula is C21H23FO4. The summed E-state index contributed by atoms with van der Waals surface area (Å²) in [7, 11) is 0. The SMILES string of the molecule is CC(C(=O)OCC1COC(C)(C)O1)c1ccc(-c2ccccc2)c(F)c1. The third-order valence-electron chi connectivity index (χ3n) is 4.41. The number of hydrogen-bond acceptors (Lipinski definition) is 4. The first-order valence-corrected chi connectivity index (χ1v) is 8.69. The molecule has 0 radical (unpaired) electrons. The van der Waals surface area contributed by atoms with Crippen LogP contribution in [0.15, 0.2) is 48.5 Å². The fourth-order valence-corrected chi connectivity index (χ4v) is 2.93. The van der Waals surface area contributed by atoms with Crippen LogP contribution >= 0.6 is 0 Å². The van der Waals surface area contributed by atoms with Gasteiger partial charge < -0.3 is 14.2 Å². The highest BCUT2D eigenvalue weighted by Gasteiger charge is 2.33. The minimum absolute atomic E-state index is 0.122. The molecule has 2 aromatic rings. The van der Waals surface area contributed by atoms with E-state index in [-0.39, 0.29) is 18.5 Å². The number of hydrogen-bond donors (Lipinski definition) is 0. The van der Waals surface area contributed by atoms with Gasteiger partial charge in [-0.25, -0.2) is 4.39 Å². The number of carbonyl (C=O) groups excluding carboxylic acids is 1. The standard InChI is InChI=1S/C21H23FO4/c1-14(20(23)24-12-17-13-25-21(2,3)26-17)16-9-10-18(19(22)11-16)15-7-5-4-6-8-15/h4-11,14,17H,12-13H2,1-3H3. The van der Waals surface area contributed by atoms with Crippen molar-refractivity contribution in [3.8, 4) is 11.1 Å². The second kappa shape index (κ2) is 7.56. The molecule has 0 bridgehead atoms. The first-order valence-electron chi connectivity index (χ1n) is 8.69. The van der Waals surface area contributed by atoms with E-state index in [1.54, 1.807) is 19.1 Å². The molecule has 0 N–H and O–H groups in total. The van der Waals surface area contributed by atoms with E-state index in [1.807, 2.05) is 44.2 Å². The average Bonchev–Trinajstić information content (AvgIpc) is 2.98. The van der Waals surface area contributed by atoms with Gasteiger partial charge in [0.05, 0.1) is 12.5 Å². The van der Waals surface area contributed by atoms with Crippen molar-refractivity contribution in [1.29, 1.82) is 0 Å². The normalized spacial score (nSPS) is 19.9. The summed E-state index contributed by atoms with van der Waals surface area (Å²) in [6.45, 7) is 5.84. The van der Waals surface area contributed by atoms with E-state index in [4.69, 9.17) is 14.2 Å². The van der Waals surface area contributed by atoms with Crippen molar-refractivity contribution >= 4 is 5.97 Å². The van der Waals surface area contributed by atoms with Crippen LogP contribution in [0.2, 0.25) is 0 Å². The summed E-state index contributed by atoms with van der Waals surface area (Å²) in [5.74, 6) is -1.99. The third-order valence-corrected chi connectivity index (χ3v) is 4.41. The van der Waals surface area contributed by atoms with Crippen molar-refractivity contribution in [2.45, 2.75) is 38.6 Å². The first kappa shape index (κ1) is 18.5. The predicted octanol–water partition coefficient (Wildman–Crippen LogP) is 4.29. The molecule has 138 valence electrons. The van der Waals surface area contributed by atoms with Crippen LogP contribution in [-0.4, -0.2) is 31.1 Å². The minimum Gasteiger partial charge on any atom is -0.462 e. The molecule has 1 heterocycles. The van der Waals surface area contributed by atoms with Gasteiger partial charge in [-0.2, -0.15) is 0 Å². The maximum absolute atomic E-state index is 14.5. The number of ether oxygens (including phenoxy) is 3. The maximum atomic E-state index is 14.5. The lowest BCUT2D eigenvalue weighted by atomic mass is 9.97. The number of esters is 1. The van der Waals surface area contributed by atoms with Gasteiger partial charge >= 0.3 is 5.97 Å². The Kier molecular flexibility index (Phi) is 5.39. The van der Waals surface area contributed by atoms with Crippen molar-refractivity contribution in [1.82, 2.24) is 0 Å². The quantitative estimate of drug-likeness (QED) is 0.748. The Balaban J connectivity index is 1.63. The summed E-state index contributed by atoms with van der Waals surface area (Å²) in [6, 6.07) is 14.1. The minimum atomic E-state index is -0.654. The van der Waals surface area contributed by atoms with E-state index in [0.717, 1.165) is 5.56 Å². The summed E-state index contributed by atoms with van der Waals surface area (Å²) < 4.78 is 30.9. The zero-order valence-electron chi connectivity index (χ0n) is 15.2. The highest BCUT2D eigenvalue weighted by Crippen LogP contribution is 2.27. The van der Waals surface area contributed by atoms with Gasteiger partial charge in [0, 0.05) is 5.56 Å². The van der Waals surface area contributed by atoms with Gasteiger partial charge in [-0.1, -0.05) is 42.5 Å². The van der Waals surface area contributed by atoms with E-state index >= 15 is 0 Å². The monoisotopic (exact) mass is 358 g/mol. The lowest BCUT2D eigenvalue weighted by Crippen LogP contribution is -2.26. The van der Waals surface area contributed by atoms with Crippen LogP contribution in [0.5, 0.6) is 0 Å². The zero-order chi connectivity index (χ0) is 18.7. The van der Waals surface area contributed by atoms with E-state index in [9.17, 15) is 9.18 Å². The number of benzene rings is 2. The first-order chi connectivity index (χ1) is 12.4. The van der Waals surface area contributed by atoms with Crippen molar-refractivity contribution in [2.24, 2.45) is 0 Å². The third kappa shape index (κ3) is 4.29. The highest BCUT2D eigenvalue weighted by molar-refractivity contribution is 5.78. The molecule has 1 aliphatic rings. The van der Waals surface area contributed by atoms with E-state index in [2.05, 4.69) is 0 Å². The van der Waals surface area contributed by atoms with Crippen LogP contribution in [-0.2, 0) is 19.0 Å². The Morgan fingerprint density at radius 3 is 2.62 bits per heavy atom. The Morgan fingerprint density at radius 2 is 2.00 bits per heavy atom. The molecule has 3 rings (SSSR count). The Labute approximate surface area is 152 Å². The number of halogens is 1. The largest absolute Gasteiger partial charge is 0.462 e. The smallest absolute Gasteiger partial charge is 0.313 e. The summed E-state index contributed by atoms with van der Waals surface area (Å²) in [5.41, 5.74) is 1.89. The van der Waals surface area contributed by atoms with Crippen molar-refractivity contribution in [3.05, 3.63) is 59.9 Å². The summed E-state index contributed by atoms with van der Waals surface area (Å²) in [4.78, 5) is 12.3. The van der Waals surface area contributed by atoms with Gasteiger partial charge in [0.1, 0.15) is 18.5 Å². The van der Waals surface area contributed by atoms with Gasteiger partial charge in [0.25, 0.3) is 0 Å². The molecule has 2 atom stereocenters. The fraction of sp³-hybridized carbons (Fsp3) is 0.381. The fourth-order valence-electron chi connectivity index (χ4n) is 2.93. The molecule has 2 unspecified atom stereocenters. The van der Waals surface area contributed by atoms with Gasteiger partial charge in [0.15, 0.2) is 5.79 Å². The molecule has 1 fully saturated rings. The molecule has 0 aromatic heterocycles.